The molecule has 1 fully saturated rings. The van der Waals surface area contributed by atoms with Crippen LogP contribution in [0.1, 0.15) is 30.5 Å². The minimum absolute atomic E-state index is 0.0211. The predicted octanol–water partition coefficient (Wildman–Crippen LogP) is 3.24. The predicted molar refractivity (Wildman–Crippen MR) is 134 cm³/mol. The number of benzene rings is 2. The summed E-state index contributed by atoms with van der Waals surface area (Å²) in [5, 5.41) is 11.4. The Balaban J connectivity index is 1.81. The molecule has 2 aromatic rings. The SMILES string of the molecule is CCOc1ccc([C@H]2C(=C(O)c3ccc4c(c3)OCCO4)C(=O)C(=O)N2CCCN(C)C)cc1OC. The van der Waals surface area contributed by atoms with Gasteiger partial charge in [0.1, 0.15) is 19.0 Å². The van der Waals surface area contributed by atoms with Gasteiger partial charge in [-0.1, -0.05) is 6.07 Å². The van der Waals surface area contributed by atoms with E-state index in [1.165, 1.54) is 12.0 Å². The van der Waals surface area contributed by atoms with Gasteiger partial charge in [-0.05, 0) is 69.9 Å². The van der Waals surface area contributed by atoms with E-state index in [-0.39, 0.29) is 11.3 Å². The summed E-state index contributed by atoms with van der Waals surface area (Å²) in [5.41, 5.74) is 1.03. The fourth-order valence-electron chi connectivity index (χ4n) is 4.49. The van der Waals surface area contributed by atoms with Gasteiger partial charge in [-0.3, -0.25) is 9.59 Å². The van der Waals surface area contributed by atoms with Gasteiger partial charge in [-0.15, -0.1) is 0 Å². The van der Waals surface area contributed by atoms with Crippen molar-refractivity contribution < 1.29 is 33.6 Å². The van der Waals surface area contributed by atoms with Crippen LogP contribution < -0.4 is 18.9 Å². The van der Waals surface area contributed by atoms with Crippen molar-refractivity contribution in [3.8, 4) is 23.0 Å². The Bertz CT molecular complexity index is 1170. The molecule has 4 rings (SSSR count). The van der Waals surface area contributed by atoms with Crippen molar-refractivity contribution in [3.63, 3.8) is 0 Å². The molecule has 0 spiro atoms. The van der Waals surface area contributed by atoms with Gasteiger partial charge in [0.2, 0.25) is 0 Å². The van der Waals surface area contributed by atoms with E-state index in [4.69, 9.17) is 18.9 Å². The number of carbonyl (C=O) groups excluding carboxylic acids is 2. The van der Waals surface area contributed by atoms with E-state index in [9.17, 15) is 14.7 Å². The first-order chi connectivity index (χ1) is 17.3. The molecule has 2 heterocycles. The summed E-state index contributed by atoms with van der Waals surface area (Å²) in [6.45, 7) is 4.25. The quantitative estimate of drug-likeness (QED) is 0.321. The van der Waals surface area contributed by atoms with Gasteiger partial charge in [0.15, 0.2) is 23.0 Å². The fraction of sp³-hybridized carbons (Fsp3) is 0.407. The highest BCUT2D eigenvalue weighted by Crippen LogP contribution is 2.43. The topological polar surface area (TPSA) is 97.8 Å². The summed E-state index contributed by atoms with van der Waals surface area (Å²) in [5.74, 6) is 0.432. The molecule has 0 saturated carbocycles. The average Bonchev–Trinajstić information content (AvgIpc) is 3.13. The summed E-state index contributed by atoms with van der Waals surface area (Å²) >= 11 is 0. The molecule has 9 heteroatoms. The normalized spacial score (nSPS) is 18.6. The molecule has 1 N–H and O–H groups in total. The van der Waals surface area contributed by atoms with E-state index in [1.807, 2.05) is 25.9 Å². The molecule has 0 aliphatic carbocycles. The second-order valence-corrected chi connectivity index (χ2v) is 8.85. The van der Waals surface area contributed by atoms with E-state index in [1.54, 1.807) is 36.4 Å². The number of amides is 1. The number of Topliss-reactive ketones (excluding diaryl/α,β-unsaturated/α-hetero) is 1. The Hall–Kier alpha value is -3.72. The number of ketones is 1. The van der Waals surface area contributed by atoms with E-state index < -0.39 is 17.7 Å². The monoisotopic (exact) mass is 496 g/mol. The number of fused-ring (bicyclic) bond motifs is 1. The summed E-state index contributed by atoms with van der Waals surface area (Å²) < 4.78 is 22.4. The lowest BCUT2D eigenvalue weighted by atomic mass is 9.94. The maximum absolute atomic E-state index is 13.3. The van der Waals surface area contributed by atoms with Crippen LogP contribution in [0.25, 0.3) is 5.76 Å². The highest BCUT2D eigenvalue weighted by molar-refractivity contribution is 6.46. The molecule has 2 aliphatic rings. The number of aliphatic hydroxyl groups is 1. The van der Waals surface area contributed by atoms with Crippen molar-refractivity contribution in [2.75, 3.05) is 54.1 Å². The van der Waals surface area contributed by atoms with Crippen LogP contribution in [-0.4, -0.2) is 80.7 Å². The van der Waals surface area contributed by atoms with Crippen molar-refractivity contribution in [1.29, 1.82) is 0 Å². The van der Waals surface area contributed by atoms with Gasteiger partial charge in [0.05, 0.1) is 25.3 Å². The number of methoxy groups -OCH3 is 1. The molecule has 2 aliphatic heterocycles. The van der Waals surface area contributed by atoms with Crippen molar-refractivity contribution in [2.24, 2.45) is 0 Å². The van der Waals surface area contributed by atoms with Crippen LogP contribution >= 0.6 is 0 Å². The first kappa shape index (κ1) is 25.4. The lowest BCUT2D eigenvalue weighted by molar-refractivity contribution is -0.139. The van der Waals surface area contributed by atoms with Gasteiger partial charge >= 0.3 is 0 Å². The van der Waals surface area contributed by atoms with Crippen molar-refractivity contribution in [1.82, 2.24) is 9.80 Å². The van der Waals surface area contributed by atoms with Gasteiger partial charge in [0.25, 0.3) is 11.7 Å². The summed E-state index contributed by atoms with van der Waals surface area (Å²) in [4.78, 5) is 30.0. The van der Waals surface area contributed by atoms with E-state index in [0.29, 0.717) is 66.9 Å². The van der Waals surface area contributed by atoms with Crippen LogP contribution in [0.3, 0.4) is 0 Å². The van der Waals surface area contributed by atoms with Crippen LogP contribution in [0.2, 0.25) is 0 Å². The third kappa shape index (κ3) is 4.97. The second kappa shape index (κ2) is 10.9. The highest BCUT2D eigenvalue weighted by atomic mass is 16.6. The highest BCUT2D eigenvalue weighted by Gasteiger charge is 2.46. The molecule has 0 aromatic heterocycles. The first-order valence-electron chi connectivity index (χ1n) is 12.0. The Morgan fingerprint density at radius 1 is 1.08 bits per heavy atom. The number of nitrogens with zero attached hydrogens (tertiary/aromatic N) is 2. The maximum Gasteiger partial charge on any atom is 0.295 e. The average molecular weight is 497 g/mol. The third-order valence-electron chi connectivity index (χ3n) is 6.16. The van der Waals surface area contributed by atoms with Gasteiger partial charge in [0, 0.05) is 12.1 Å². The van der Waals surface area contributed by atoms with Crippen LogP contribution in [0.4, 0.5) is 0 Å². The Kier molecular flexibility index (Phi) is 7.69. The molecule has 36 heavy (non-hydrogen) atoms. The molecule has 9 nitrogen and oxygen atoms in total. The van der Waals surface area contributed by atoms with Crippen LogP contribution in [0.15, 0.2) is 42.0 Å². The number of rotatable bonds is 9. The first-order valence-corrected chi connectivity index (χ1v) is 12.0. The number of carbonyl (C=O) groups is 2. The summed E-state index contributed by atoms with van der Waals surface area (Å²) in [6.07, 6.45) is 0.661. The second-order valence-electron chi connectivity index (χ2n) is 8.85. The summed E-state index contributed by atoms with van der Waals surface area (Å²) in [7, 11) is 5.43. The maximum atomic E-state index is 13.3. The summed E-state index contributed by atoms with van der Waals surface area (Å²) in [6, 6.07) is 9.47. The van der Waals surface area contributed by atoms with E-state index in [2.05, 4.69) is 0 Å². The van der Waals surface area contributed by atoms with Crippen LogP contribution in [0, 0.1) is 0 Å². The zero-order valence-electron chi connectivity index (χ0n) is 21.1. The molecular formula is C27H32N2O7. The molecule has 192 valence electrons. The number of likely N-dealkylation sites (tertiary alicyclic amines) is 1. The van der Waals surface area contributed by atoms with E-state index >= 15 is 0 Å². The van der Waals surface area contributed by atoms with Crippen LogP contribution in [-0.2, 0) is 9.59 Å². The Morgan fingerprint density at radius 2 is 1.83 bits per heavy atom. The molecule has 1 saturated heterocycles. The third-order valence-corrected chi connectivity index (χ3v) is 6.16. The number of aliphatic hydroxyl groups excluding tert-OH is 1. The Morgan fingerprint density at radius 3 is 2.53 bits per heavy atom. The Labute approximate surface area is 210 Å². The lowest BCUT2D eigenvalue weighted by Crippen LogP contribution is -2.32. The molecule has 2 aromatic carbocycles. The lowest BCUT2D eigenvalue weighted by Gasteiger charge is -2.26. The molecule has 0 bridgehead atoms. The number of ether oxygens (including phenoxy) is 4. The zero-order chi connectivity index (χ0) is 25.8. The molecule has 1 atom stereocenters. The van der Waals surface area contributed by atoms with Gasteiger partial charge < -0.3 is 33.9 Å². The minimum atomic E-state index is -0.787. The number of hydrogen-bond acceptors (Lipinski definition) is 8. The molecular weight excluding hydrogens is 464 g/mol. The minimum Gasteiger partial charge on any atom is -0.507 e. The molecule has 0 radical (unpaired) electrons. The van der Waals surface area contributed by atoms with Crippen molar-refractivity contribution in [2.45, 2.75) is 19.4 Å². The van der Waals surface area contributed by atoms with E-state index in [0.717, 1.165) is 6.54 Å². The molecule has 1 amide bonds. The smallest absolute Gasteiger partial charge is 0.295 e. The van der Waals surface area contributed by atoms with Gasteiger partial charge in [-0.2, -0.15) is 0 Å². The molecule has 0 unspecified atom stereocenters. The number of hydrogen-bond donors (Lipinski definition) is 1. The largest absolute Gasteiger partial charge is 0.507 e. The standard InChI is InChI=1S/C27H32N2O7/c1-5-34-19-9-7-17(15-21(19)33-4)24-23(26(31)27(32)29(24)12-6-11-28(2)3)25(30)18-8-10-20-22(16-18)36-14-13-35-20/h7-10,15-16,24,30H,5-6,11-14H2,1-4H3/t24-/m0/s1. The van der Waals surface area contributed by atoms with Crippen molar-refractivity contribution >= 4 is 17.4 Å². The zero-order valence-corrected chi connectivity index (χ0v) is 21.1. The van der Waals surface area contributed by atoms with Gasteiger partial charge in [-0.25, -0.2) is 0 Å². The van der Waals surface area contributed by atoms with Crippen molar-refractivity contribution in [3.05, 3.63) is 53.1 Å². The fourth-order valence-corrected chi connectivity index (χ4v) is 4.49. The van der Waals surface area contributed by atoms with Crippen LogP contribution in [0.5, 0.6) is 23.0 Å².